The van der Waals surface area contributed by atoms with Crippen LogP contribution in [0, 0.1) is 21.4 Å². The molecule has 0 fully saturated rings. The number of benzene rings is 2. The molecular weight excluding hydrogens is 284 g/mol. The molecule has 108 valence electrons. The van der Waals surface area contributed by atoms with Crippen LogP contribution < -0.4 is 4.74 Å². The van der Waals surface area contributed by atoms with E-state index < -0.39 is 10.9 Å². The molecule has 2 rings (SSSR count). The molecule has 0 aliphatic heterocycles. The second-order valence-corrected chi connectivity index (χ2v) is 4.25. The zero-order valence-electron chi connectivity index (χ0n) is 11.3. The van der Waals surface area contributed by atoms with Crippen molar-refractivity contribution in [1.29, 1.82) is 5.26 Å². The first kappa shape index (κ1) is 14.9. The quantitative estimate of drug-likeness (QED) is 0.284. The lowest BCUT2D eigenvalue weighted by molar-refractivity contribution is -0.384. The van der Waals surface area contributed by atoms with Crippen LogP contribution in [0.5, 0.6) is 5.75 Å². The summed E-state index contributed by atoms with van der Waals surface area (Å²) in [5, 5.41) is 19.4. The lowest BCUT2D eigenvalue weighted by Gasteiger charge is -2.01. The second kappa shape index (κ2) is 6.81. The van der Waals surface area contributed by atoms with E-state index in [1.165, 1.54) is 30.3 Å². The number of ether oxygens (including phenoxy) is 1. The normalized spacial score (nSPS) is 10.1. The number of carbonyl (C=O) groups excluding carboxylic acids is 1. The summed E-state index contributed by atoms with van der Waals surface area (Å²) in [5.74, 6) is -0.380. The van der Waals surface area contributed by atoms with Crippen LogP contribution in [0.25, 0.3) is 6.08 Å². The van der Waals surface area contributed by atoms with E-state index in [2.05, 4.69) is 0 Å². The lowest BCUT2D eigenvalue weighted by atomic mass is 10.2. The first-order chi connectivity index (χ1) is 10.6. The molecule has 0 aliphatic carbocycles. The van der Waals surface area contributed by atoms with Gasteiger partial charge < -0.3 is 4.74 Å². The molecule has 2 aromatic rings. The van der Waals surface area contributed by atoms with Gasteiger partial charge >= 0.3 is 5.97 Å². The Morgan fingerprint density at radius 1 is 1.23 bits per heavy atom. The molecule has 0 saturated carbocycles. The van der Waals surface area contributed by atoms with Gasteiger partial charge in [-0.2, -0.15) is 5.26 Å². The molecule has 0 aromatic heterocycles. The maximum Gasteiger partial charge on any atom is 0.336 e. The van der Waals surface area contributed by atoms with Crippen molar-refractivity contribution in [2.24, 2.45) is 0 Å². The van der Waals surface area contributed by atoms with Crippen molar-refractivity contribution in [3.05, 3.63) is 75.8 Å². The lowest BCUT2D eigenvalue weighted by Crippen LogP contribution is -2.03. The molecule has 0 amide bonds. The fourth-order valence-electron chi connectivity index (χ4n) is 1.69. The van der Waals surface area contributed by atoms with Gasteiger partial charge in [0.25, 0.3) is 5.69 Å². The predicted molar refractivity (Wildman–Crippen MR) is 78.9 cm³/mol. The van der Waals surface area contributed by atoms with Crippen molar-refractivity contribution >= 4 is 17.7 Å². The molecule has 0 unspecified atom stereocenters. The fourth-order valence-corrected chi connectivity index (χ4v) is 1.69. The monoisotopic (exact) mass is 294 g/mol. The van der Waals surface area contributed by atoms with Gasteiger partial charge in [-0.15, -0.1) is 0 Å². The second-order valence-electron chi connectivity index (χ2n) is 4.25. The molecule has 0 saturated heterocycles. The minimum Gasteiger partial charge on any atom is -0.423 e. The molecule has 22 heavy (non-hydrogen) atoms. The van der Waals surface area contributed by atoms with Gasteiger partial charge in [0.05, 0.1) is 16.6 Å². The number of nitro groups is 1. The Morgan fingerprint density at radius 3 is 2.73 bits per heavy atom. The van der Waals surface area contributed by atoms with Crippen LogP contribution in [-0.4, -0.2) is 10.9 Å². The SMILES string of the molecule is N#Cc1cccc(OC(=O)/C=C/c2cccc([N+](=O)[O-])c2)c1. The van der Waals surface area contributed by atoms with Crippen molar-refractivity contribution < 1.29 is 14.5 Å². The van der Waals surface area contributed by atoms with Gasteiger partial charge in [-0.25, -0.2) is 4.79 Å². The third kappa shape index (κ3) is 4.02. The van der Waals surface area contributed by atoms with E-state index in [9.17, 15) is 14.9 Å². The van der Waals surface area contributed by atoms with Crippen molar-refractivity contribution in [2.75, 3.05) is 0 Å². The van der Waals surface area contributed by atoms with E-state index in [0.717, 1.165) is 6.08 Å². The summed E-state index contributed by atoms with van der Waals surface area (Å²) in [4.78, 5) is 21.8. The van der Waals surface area contributed by atoms with E-state index >= 15 is 0 Å². The highest BCUT2D eigenvalue weighted by molar-refractivity contribution is 5.88. The molecule has 0 radical (unpaired) electrons. The Balaban J connectivity index is 2.06. The standard InChI is InChI=1S/C16H10N2O4/c17-11-13-4-2-6-15(10-13)22-16(19)8-7-12-3-1-5-14(9-12)18(20)21/h1-10H/b8-7+. The molecule has 6 nitrogen and oxygen atoms in total. The van der Waals surface area contributed by atoms with Gasteiger partial charge in [0, 0.05) is 18.2 Å². The minimum absolute atomic E-state index is 0.0581. The number of nitrogens with zero attached hydrogens (tertiary/aromatic N) is 2. The zero-order valence-corrected chi connectivity index (χ0v) is 11.3. The summed E-state index contributed by atoms with van der Waals surface area (Å²) in [5.41, 5.74) is 0.835. The average Bonchev–Trinajstić information content (AvgIpc) is 2.53. The molecule has 0 aliphatic rings. The van der Waals surface area contributed by atoms with E-state index in [4.69, 9.17) is 10.00 Å². The van der Waals surface area contributed by atoms with E-state index in [0.29, 0.717) is 11.1 Å². The first-order valence-corrected chi connectivity index (χ1v) is 6.23. The fraction of sp³-hybridized carbons (Fsp3) is 0. The highest BCUT2D eigenvalue weighted by Crippen LogP contribution is 2.15. The van der Waals surface area contributed by atoms with Crippen LogP contribution in [-0.2, 0) is 4.79 Å². The van der Waals surface area contributed by atoms with Crippen molar-refractivity contribution in [3.63, 3.8) is 0 Å². The summed E-state index contributed by atoms with van der Waals surface area (Å²) < 4.78 is 5.05. The summed E-state index contributed by atoms with van der Waals surface area (Å²) in [6, 6.07) is 14.0. The maximum atomic E-state index is 11.7. The van der Waals surface area contributed by atoms with Gasteiger partial charge in [-0.05, 0) is 29.8 Å². The van der Waals surface area contributed by atoms with Gasteiger partial charge in [-0.1, -0.05) is 18.2 Å². The number of nitro benzene ring substituents is 1. The van der Waals surface area contributed by atoms with Crippen LogP contribution in [0.15, 0.2) is 54.6 Å². The predicted octanol–water partition coefficient (Wildman–Crippen LogP) is 3.09. The van der Waals surface area contributed by atoms with Gasteiger partial charge in [-0.3, -0.25) is 10.1 Å². The first-order valence-electron chi connectivity index (χ1n) is 6.23. The topological polar surface area (TPSA) is 93.2 Å². The number of nitriles is 1. The molecule has 0 heterocycles. The van der Waals surface area contributed by atoms with E-state index in [-0.39, 0.29) is 11.4 Å². The number of hydrogen-bond donors (Lipinski definition) is 0. The third-order valence-electron chi connectivity index (χ3n) is 2.67. The Kier molecular flexibility index (Phi) is 4.63. The smallest absolute Gasteiger partial charge is 0.336 e. The highest BCUT2D eigenvalue weighted by atomic mass is 16.6. The van der Waals surface area contributed by atoms with Gasteiger partial charge in [0.15, 0.2) is 0 Å². The van der Waals surface area contributed by atoms with Crippen molar-refractivity contribution in [1.82, 2.24) is 0 Å². The molecule has 6 heteroatoms. The molecule has 0 N–H and O–H groups in total. The summed E-state index contributed by atoms with van der Waals surface area (Å²) in [6.45, 7) is 0. The molecule has 2 aromatic carbocycles. The molecule has 0 atom stereocenters. The van der Waals surface area contributed by atoms with Gasteiger partial charge in [0.1, 0.15) is 5.75 Å². The minimum atomic E-state index is -0.637. The van der Waals surface area contributed by atoms with E-state index in [1.54, 1.807) is 24.3 Å². The molecular formula is C16H10N2O4. The van der Waals surface area contributed by atoms with Crippen LogP contribution in [0.3, 0.4) is 0 Å². The number of non-ortho nitro benzene ring substituents is 1. The van der Waals surface area contributed by atoms with Crippen LogP contribution in [0.1, 0.15) is 11.1 Å². The number of carbonyl (C=O) groups is 1. The van der Waals surface area contributed by atoms with E-state index in [1.807, 2.05) is 6.07 Å². The van der Waals surface area contributed by atoms with Gasteiger partial charge in [0.2, 0.25) is 0 Å². The number of esters is 1. The van der Waals surface area contributed by atoms with Crippen molar-refractivity contribution in [2.45, 2.75) is 0 Å². The zero-order chi connectivity index (χ0) is 15.9. The number of rotatable bonds is 4. The maximum absolute atomic E-state index is 11.7. The average molecular weight is 294 g/mol. The Labute approximate surface area is 126 Å². The Morgan fingerprint density at radius 2 is 2.00 bits per heavy atom. The summed E-state index contributed by atoms with van der Waals surface area (Å²) >= 11 is 0. The number of hydrogen-bond acceptors (Lipinski definition) is 5. The summed E-state index contributed by atoms with van der Waals surface area (Å²) in [7, 11) is 0. The molecule has 0 bridgehead atoms. The van der Waals surface area contributed by atoms with Crippen LogP contribution >= 0.6 is 0 Å². The third-order valence-corrected chi connectivity index (χ3v) is 2.67. The van der Waals surface area contributed by atoms with Crippen LogP contribution in [0.2, 0.25) is 0 Å². The Bertz CT molecular complexity index is 791. The summed E-state index contributed by atoms with van der Waals surface area (Å²) in [6.07, 6.45) is 2.58. The molecule has 0 spiro atoms. The van der Waals surface area contributed by atoms with Crippen molar-refractivity contribution in [3.8, 4) is 11.8 Å². The Hall–Kier alpha value is -3.46. The highest BCUT2D eigenvalue weighted by Gasteiger charge is 2.05. The largest absolute Gasteiger partial charge is 0.423 e. The van der Waals surface area contributed by atoms with Crippen LogP contribution in [0.4, 0.5) is 5.69 Å².